The Bertz CT molecular complexity index is 806. The molecule has 0 spiro atoms. The molecule has 0 aliphatic carbocycles. The van der Waals surface area contributed by atoms with Crippen molar-refractivity contribution in [2.24, 2.45) is 0 Å². The van der Waals surface area contributed by atoms with Gasteiger partial charge >= 0.3 is 0 Å². The van der Waals surface area contributed by atoms with E-state index in [4.69, 9.17) is 4.74 Å². The largest absolute Gasteiger partial charge is 0.549 e. The third-order valence-electron chi connectivity index (χ3n) is 3.15. The molecular weight excluding hydrogens is 326 g/mol. The summed E-state index contributed by atoms with van der Waals surface area (Å²) in [5.74, 6) is -0.0236. The van der Waals surface area contributed by atoms with Gasteiger partial charge in [0.2, 0.25) is 0 Å². The van der Waals surface area contributed by atoms with Crippen LogP contribution in [-0.2, 0) is 11.4 Å². The molecule has 3 rings (SSSR count). The predicted molar refractivity (Wildman–Crippen MR) is 87.9 cm³/mol. The van der Waals surface area contributed by atoms with E-state index in [9.17, 15) is 9.90 Å². The van der Waals surface area contributed by atoms with E-state index in [0.717, 1.165) is 23.2 Å². The SMILES string of the molecule is O=C([O-])CSc1nnc(COc2ccccc2)n1-c1ccccc1. The molecule has 0 atom stereocenters. The van der Waals surface area contributed by atoms with Crippen molar-refractivity contribution in [3.63, 3.8) is 0 Å². The maximum Gasteiger partial charge on any atom is 0.196 e. The molecule has 0 radical (unpaired) electrons. The van der Waals surface area contributed by atoms with Crippen LogP contribution in [0.3, 0.4) is 0 Å². The van der Waals surface area contributed by atoms with Crippen LogP contribution in [0.15, 0.2) is 65.8 Å². The number of aliphatic carboxylic acids is 1. The number of para-hydroxylation sites is 2. The Labute approximate surface area is 143 Å². The fourth-order valence-corrected chi connectivity index (χ4v) is 2.80. The van der Waals surface area contributed by atoms with E-state index in [0.29, 0.717) is 11.0 Å². The van der Waals surface area contributed by atoms with Gasteiger partial charge in [-0.25, -0.2) is 0 Å². The lowest BCUT2D eigenvalue weighted by molar-refractivity contribution is -0.301. The molecule has 0 aliphatic rings. The minimum atomic E-state index is -1.15. The Hall–Kier alpha value is -2.80. The van der Waals surface area contributed by atoms with Crippen LogP contribution in [0.1, 0.15) is 5.82 Å². The summed E-state index contributed by atoms with van der Waals surface area (Å²) in [6.07, 6.45) is 0. The first-order chi connectivity index (χ1) is 11.7. The van der Waals surface area contributed by atoms with Crippen LogP contribution in [0.4, 0.5) is 0 Å². The fourth-order valence-electron chi connectivity index (χ4n) is 2.11. The van der Waals surface area contributed by atoms with Crippen molar-refractivity contribution in [3.8, 4) is 11.4 Å². The molecule has 122 valence electrons. The molecule has 6 nitrogen and oxygen atoms in total. The van der Waals surface area contributed by atoms with Gasteiger partial charge in [-0.05, 0) is 24.3 Å². The Morgan fingerprint density at radius 3 is 2.38 bits per heavy atom. The molecule has 0 saturated heterocycles. The number of carbonyl (C=O) groups excluding carboxylic acids is 1. The van der Waals surface area contributed by atoms with Crippen molar-refractivity contribution in [2.75, 3.05) is 5.75 Å². The summed E-state index contributed by atoms with van der Waals surface area (Å²) < 4.78 is 7.52. The van der Waals surface area contributed by atoms with Crippen molar-refractivity contribution >= 4 is 17.7 Å². The van der Waals surface area contributed by atoms with Crippen LogP contribution >= 0.6 is 11.8 Å². The molecule has 0 bridgehead atoms. The molecule has 3 aromatic rings. The fraction of sp³-hybridized carbons (Fsp3) is 0.118. The number of benzene rings is 2. The number of ether oxygens (including phenoxy) is 1. The first-order valence-corrected chi connectivity index (χ1v) is 8.23. The van der Waals surface area contributed by atoms with E-state index in [-0.39, 0.29) is 12.4 Å². The number of hydrogen-bond donors (Lipinski definition) is 0. The van der Waals surface area contributed by atoms with Crippen LogP contribution in [0.25, 0.3) is 5.69 Å². The number of hydrogen-bond acceptors (Lipinski definition) is 6. The average Bonchev–Trinajstić information content (AvgIpc) is 3.02. The van der Waals surface area contributed by atoms with Gasteiger partial charge < -0.3 is 14.6 Å². The third-order valence-corrected chi connectivity index (χ3v) is 4.05. The van der Waals surface area contributed by atoms with Gasteiger partial charge in [-0.15, -0.1) is 10.2 Å². The van der Waals surface area contributed by atoms with E-state index in [1.54, 1.807) is 4.57 Å². The van der Waals surface area contributed by atoms with Crippen molar-refractivity contribution in [1.82, 2.24) is 14.8 Å². The number of thioether (sulfide) groups is 1. The highest BCUT2D eigenvalue weighted by Gasteiger charge is 2.15. The second-order valence-electron chi connectivity index (χ2n) is 4.83. The van der Waals surface area contributed by atoms with E-state index in [1.165, 1.54) is 0 Å². The predicted octanol–water partition coefficient (Wildman–Crippen LogP) is 1.69. The lowest BCUT2D eigenvalue weighted by atomic mass is 10.3. The zero-order valence-electron chi connectivity index (χ0n) is 12.7. The summed E-state index contributed by atoms with van der Waals surface area (Å²) in [5.41, 5.74) is 0.843. The average molecular weight is 340 g/mol. The van der Waals surface area contributed by atoms with Crippen molar-refractivity contribution in [3.05, 3.63) is 66.5 Å². The maximum atomic E-state index is 10.7. The number of carbonyl (C=O) groups is 1. The topological polar surface area (TPSA) is 80.1 Å². The zero-order valence-corrected chi connectivity index (χ0v) is 13.5. The molecular formula is C17H14N3O3S-. The van der Waals surface area contributed by atoms with E-state index < -0.39 is 5.97 Å². The van der Waals surface area contributed by atoms with Gasteiger partial charge in [-0.2, -0.15) is 0 Å². The first-order valence-electron chi connectivity index (χ1n) is 7.24. The molecule has 7 heteroatoms. The van der Waals surface area contributed by atoms with Gasteiger partial charge in [0.25, 0.3) is 0 Å². The highest BCUT2D eigenvalue weighted by molar-refractivity contribution is 7.99. The molecule has 0 amide bonds. The maximum absolute atomic E-state index is 10.7. The van der Waals surface area contributed by atoms with E-state index >= 15 is 0 Å². The molecule has 24 heavy (non-hydrogen) atoms. The molecule has 2 aromatic carbocycles. The number of aromatic nitrogens is 3. The highest BCUT2D eigenvalue weighted by Crippen LogP contribution is 2.22. The van der Waals surface area contributed by atoms with Crippen LogP contribution in [-0.4, -0.2) is 26.5 Å². The molecule has 0 N–H and O–H groups in total. The van der Waals surface area contributed by atoms with Crippen LogP contribution in [0.5, 0.6) is 5.75 Å². The van der Waals surface area contributed by atoms with Gasteiger partial charge in [-0.3, -0.25) is 4.57 Å². The minimum Gasteiger partial charge on any atom is -0.549 e. The molecule has 0 unspecified atom stereocenters. The van der Waals surface area contributed by atoms with Crippen LogP contribution in [0.2, 0.25) is 0 Å². The smallest absolute Gasteiger partial charge is 0.196 e. The van der Waals surface area contributed by atoms with E-state index in [2.05, 4.69) is 10.2 Å². The first kappa shape index (κ1) is 16.1. The van der Waals surface area contributed by atoms with Gasteiger partial charge in [0.15, 0.2) is 11.0 Å². The van der Waals surface area contributed by atoms with Gasteiger partial charge in [0.05, 0.1) is 5.97 Å². The standard InChI is InChI=1S/C17H15N3O3S/c21-16(22)12-24-17-19-18-15(11-23-14-9-5-2-6-10-14)20(17)13-7-3-1-4-8-13/h1-10H,11-12H2,(H,21,22)/p-1. The summed E-state index contributed by atoms with van der Waals surface area (Å²) in [4.78, 5) is 10.7. The number of rotatable bonds is 7. The van der Waals surface area contributed by atoms with Gasteiger partial charge in [-0.1, -0.05) is 48.2 Å². The molecule has 0 aliphatic heterocycles. The van der Waals surface area contributed by atoms with Crippen molar-refractivity contribution in [1.29, 1.82) is 0 Å². The Kier molecular flexibility index (Phi) is 5.12. The molecule has 0 fully saturated rings. The highest BCUT2D eigenvalue weighted by atomic mass is 32.2. The minimum absolute atomic E-state index is 0.190. The van der Waals surface area contributed by atoms with Gasteiger partial charge in [0, 0.05) is 11.4 Å². The molecule has 1 heterocycles. The monoisotopic (exact) mass is 340 g/mol. The van der Waals surface area contributed by atoms with E-state index in [1.807, 2.05) is 60.7 Å². The number of carboxylic acids is 1. The molecule has 0 saturated carbocycles. The summed E-state index contributed by atoms with van der Waals surface area (Å²) >= 11 is 1.06. The summed E-state index contributed by atoms with van der Waals surface area (Å²) in [6.45, 7) is 0.220. The second-order valence-corrected chi connectivity index (χ2v) is 5.77. The number of nitrogens with zero attached hydrogens (tertiary/aromatic N) is 3. The lowest BCUT2D eigenvalue weighted by Crippen LogP contribution is -2.24. The third kappa shape index (κ3) is 3.94. The summed E-state index contributed by atoms with van der Waals surface area (Å²) in [7, 11) is 0. The van der Waals surface area contributed by atoms with Crippen molar-refractivity contribution in [2.45, 2.75) is 11.8 Å². The van der Waals surface area contributed by atoms with Gasteiger partial charge in [0.1, 0.15) is 12.4 Å². The number of carboxylic acid groups (broad SMARTS) is 1. The quantitative estimate of drug-likeness (QED) is 0.609. The normalized spacial score (nSPS) is 10.5. The second kappa shape index (κ2) is 7.65. The lowest BCUT2D eigenvalue weighted by Gasteiger charge is -2.11. The van der Waals surface area contributed by atoms with Crippen LogP contribution in [0, 0.1) is 0 Å². The van der Waals surface area contributed by atoms with Crippen LogP contribution < -0.4 is 9.84 Å². The van der Waals surface area contributed by atoms with Crippen molar-refractivity contribution < 1.29 is 14.6 Å². The summed E-state index contributed by atoms with van der Waals surface area (Å²) in [6, 6.07) is 18.9. The zero-order chi connectivity index (χ0) is 16.8. The Balaban J connectivity index is 1.86. The molecule has 1 aromatic heterocycles. The Morgan fingerprint density at radius 2 is 1.71 bits per heavy atom. The Morgan fingerprint density at radius 1 is 1.04 bits per heavy atom. The summed E-state index contributed by atoms with van der Waals surface area (Å²) in [5, 5.41) is 19.4.